The zero-order chi connectivity index (χ0) is 20.8. The van der Waals surface area contributed by atoms with Crippen LogP contribution >= 0.6 is 11.6 Å². The van der Waals surface area contributed by atoms with Gasteiger partial charge in [-0.05, 0) is 43.3 Å². The molecule has 0 spiro atoms. The lowest BCUT2D eigenvalue weighted by Crippen LogP contribution is -2.03. The third-order valence-electron chi connectivity index (χ3n) is 5.21. The molecule has 0 aliphatic carbocycles. The van der Waals surface area contributed by atoms with E-state index in [0.717, 1.165) is 21.9 Å². The molecule has 5 rings (SSSR count). The van der Waals surface area contributed by atoms with Crippen LogP contribution in [0.3, 0.4) is 0 Å². The molecule has 7 heteroatoms. The Balaban J connectivity index is 1.52. The van der Waals surface area contributed by atoms with Crippen LogP contribution in [-0.4, -0.2) is 13.9 Å². The SMILES string of the molecule is COc1ccc2c(c1)c(=O)oc1c(C)c(OCc3cc4c(cc3Cl)OCO4)ccc12. The van der Waals surface area contributed by atoms with Crippen molar-refractivity contribution in [3.8, 4) is 23.0 Å². The minimum atomic E-state index is -0.421. The summed E-state index contributed by atoms with van der Waals surface area (Å²) in [5, 5.41) is 2.64. The lowest BCUT2D eigenvalue weighted by Gasteiger charge is -2.13. The average Bonchev–Trinajstić information content (AvgIpc) is 3.20. The molecule has 0 unspecified atom stereocenters. The highest BCUT2D eigenvalue weighted by molar-refractivity contribution is 6.31. The van der Waals surface area contributed by atoms with Crippen LogP contribution in [0.15, 0.2) is 51.7 Å². The van der Waals surface area contributed by atoms with Gasteiger partial charge in [-0.15, -0.1) is 0 Å². The number of fused-ring (bicyclic) bond motifs is 4. The highest BCUT2D eigenvalue weighted by Gasteiger charge is 2.18. The average molecular weight is 425 g/mol. The second kappa shape index (κ2) is 7.15. The first-order valence-electron chi connectivity index (χ1n) is 9.30. The van der Waals surface area contributed by atoms with Crippen molar-refractivity contribution in [2.75, 3.05) is 13.9 Å². The molecule has 0 N–H and O–H groups in total. The Labute approximate surface area is 176 Å². The Bertz CT molecular complexity index is 1360. The molecule has 2 heterocycles. The van der Waals surface area contributed by atoms with Crippen LogP contribution in [0.4, 0.5) is 0 Å². The van der Waals surface area contributed by atoms with Crippen molar-refractivity contribution >= 4 is 33.3 Å². The second-order valence-corrected chi connectivity index (χ2v) is 7.36. The summed E-state index contributed by atoms with van der Waals surface area (Å²) in [4.78, 5) is 12.6. The van der Waals surface area contributed by atoms with E-state index < -0.39 is 5.63 Å². The summed E-state index contributed by atoms with van der Waals surface area (Å²) in [6.07, 6.45) is 0. The topological polar surface area (TPSA) is 67.1 Å². The molecule has 0 amide bonds. The maximum Gasteiger partial charge on any atom is 0.344 e. The number of rotatable bonds is 4. The van der Waals surface area contributed by atoms with E-state index in [1.54, 1.807) is 19.2 Å². The lowest BCUT2D eigenvalue weighted by molar-refractivity contribution is 0.174. The number of benzene rings is 3. The summed E-state index contributed by atoms with van der Waals surface area (Å²) >= 11 is 6.33. The van der Waals surface area contributed by atoms with Gasteiger partial charge in [0.25, 0.3) is 0 Å². The van der Waals surface area contributed by atoms with E-state index in [1.807, 2.05) is 37.3 Å². The molecule has 3 aromatic carbocycles. The Morgan fingerprint density at radius 1 is 1.00 bits per heavy atom. The highest BCUT2D eigenvalue weighted by atomic mass is 35.5. The molecule has 0 atom stereocenters. The molecular weight excluding hydrogens is 408 g/mol. The minimum absolute atomic E-state index is 0.179. The first-order valence-corrected chi connectivity index (χ1v) is 9.68. The van der Waals surface area contributed by atoms with E-state index in [9.17, 15) is 4.79 Å². The molecule has 1 aliphatic heterocycles. The summed E-state index contributed by atoms with van der Waals surface area (Å²) < 4.78 is 27.6. The number of ether oxygens (including phenoxy) is 4. The highest BCUT2D eigenvalue weighted by Crippen LogP contribution is 2.38. The second-order valence-electron chi connectivity index (χ2n) is 6.95. The van der Waals surface area contributed by atoms with E-state index in [2.05, 4.69) is 0 Å². The largest absolute Gasteiger partial charge is 0.497 e. The lowest BCUT2D eigenvalue weighted by atomic mass is 10.0. The molecule has 30 heavy (non-hydrogen) atoms. The fourth-order valence-corrected chi connectivity index (χ4v) is 3.81. The molecule has 0 radical (unpaired) electrons. The van der Waals surface area contributed by atoms with E-state index in [0.29, 0.717) is 39.0 Å². The number of aryl methyl sites for hydroxylation is 1. The van der Waals surface area contributed by atoms with Crippen molar-refractivity contribution in [1.29, 1.82) is 0 Å². The maximum absolute atomic E-state index is 12.6. The number of hydrogen-bond donors (Lipinski definition) is 0. The smallest absolute Gasteiger partial charge is 0.344 e. The first-order chi connectivity index (χ1) is 14.5. The summed E-state index contributed by atoms with van der Waals surface area (Å²) in [6, 6.07) is 12.6. The Hall–Kier alpha value is -3.38. The summed E-state index contributed by atoms with van der Waals surface area (Å²) in [5.41, 5.74) is 1.58. The molecule has 6 nitrogen and oxygen atoms in total. The van der Waals surface area contributed by atoms with Crippen LogP contribution in [0.5, 0.6) is 23.0 Å². The summed E-state index contributed by atoms with van der Waals surface area (Å²) in [6.45, 7) is 2.27. The summed E-state index contributed by atoms with van der Waals surface area (Å²) in [5.74, 6) is 2.47. The number of halogens is 1. The molecule has 0 saturated heterocycles. The van der Waals surface area contributed by atoms with Crippen LogP contribution in [0, 0.1) is 6.92 Å². The zero-order valence-electron chi connectivity index (χ0n) is 16.3. The summed E-state index contributed by atoms with van der Waals surface area (Å²) in [7, 11) is 1.56. The van der Waals surface area contributed by atoms with Crippen LogP contribution in [0.2, 0.25) is 5.02 Å². The van der Waals surface area contributed by atoms with E-state index >= 15 is 0 Å². The fourth-order valence-electron chi connectivity index (χ4n) is 3.60. The van der Waals surface area contributed by atoms with Crippen molar-refractivity contribution in [3.63, 3.8) is 0 Å². The normalized spacial score (nSPS) is 12.5. The van der Waals surface area contributed by atoms with Crippen LogP contribution in [-0.2, 0) is 6.61 Å². The van der Waals surface area contributed by atoms with Gasteiger partial charge in [0, 0.05) is 28.0 Å². The first kappa shape index (κ1) is 18.6. The number of methoxy groups -OCH3 is 1. The van der Waals surface area contributed by atoms with E-state index in [4.69, 9.17) is 35.0 Å². The van der Waals surface area contributed by atoms with Gasteiger partial charge in [-0.2, -0.15) is 0 Å². The van der Waals surface area contributed by atoms with Crippen molar-refractivity contribution in [2.24, 2.45) is 0 Å². The molecule has 0 fully saturated rings. The van der Waals surface area contributed by atoms with Gasteiger partial charge in [0.15, 0.2) is 11.5 Å². The van der Waals surface area contributed by atoms with Gasteiger partial charge >= 0.3 is 5.63 Å². The molecule has 152 valence electrons. The van der Waals surface area contributed by atoms with Gasteiger partial charge in [-0.25, -0.2) is 4.79 Å². The van der Waals surface area contributed by atoms with Gasteiger partial charge in [0.1, 0.15) is 23.7 Å². The third-order valence-corrected chi connectivity index (χ3v) is 5.56. The Morgan fingerprint density at radius 3 is 2.57 bits per heavy atom. The van der Waals surface area contributed by atoms with E-state index in [-0.39, 0.29) is 13.4 Å². The quantitative estimate of drug-likeness (QED) is 0.330. The zero-order valence-corrected chi connectivity index (χ0v) is 17.0. The van der Waals surface area contributed by atoms with Crippen molar-refractivity contribution in [2.45, 2.75) is 13.5 Å². The van der Waals surface area contributed by atoms with Crippen molar-refractivity contribution in [3.05, 3.63) is 69.0 Å². The number of hydrogen-bond acceptors (Lipinski definition) is 6. The van der Waals surface area contributed by atoms with Gasteiger partial charge < -0.3 is 23.4 Å². The Morgan fingerprint density at radius 2 is 1.77 bits per heavy atom. The Kier molecular flexibility index (Phi) is 4.44. The predicted molar refractivity (Wildman–Crippen MR) is 113 cm³/mol. The van der Waals surface area contributed by atoms with Crippen LogP contribution < -0.4 is 24.6 Å². The maximum atomic E-state index is 12.6. The van der Waals surface area contributed by atoms with Gasteiger partial charge in [-0.3, -0.25) is 0 Å². The predicted octanol–water partition coefficient (Wildman–Crippen LogP) is 5.22. The third kappa shape index (κ3) is 3.00. The van der Waals surface area contributed by atoms with Gasteiger partial charge in [0.05, 0.1) is 17.5 Å². The molecule has 0 bridgehead atoms. The van der Waals surface area contributed by atoms with Crippen LogP contribution in [0.25, 0.3) is 21.7 Å². The monoisotopic (exact) mass is 424 g/mol. The molecule has 4 aromatic rings. The minimum Gasteiger partial charge on any atom is -0.497 e. The van der Waals surface area contributed by atoms with Crippen molar-refractivity contribution < 1.29 is 23.4 Å². The van der Waals surface area contributed by atoms with Crippen LogP contribution in [0.1, 0.15) is 11.1 Å². The fraction of sp³-hybridized carbons (Fsp3) is 0.174. The van der Waals surface area contributed by atoms with Crippen molar-refractivity contribution in [1.82, 2.24) is 0 Å². The van der Waals surface area contributed by atoms with Gasteiger partial charge in [0.2, 0.25) is 6.79 Å². The van der Waals surface area contributed by atoms with E-state index in [1.165, 1.54) is 0 Å². The molecule has 1 aliphatic rings. The standard InChI is InChI=1S/C23H17ClO6/c1-12-19(27-10-13-7-20-21(9-18(13)24)29-11-28-20)6-5-16-15-4-3-14(26-2)8-17(15)23(25)30-22(12)16/h3-9H,10-11H2,1-2H3. The molecule has 1 aromatic heterocycles. The molecule has 0 saturated carbocycles. The van der Waals surface area contributed by atoms with Gasteiger partial charge in [-0.1, -0.05) is 11.6 Å². The molecular formula is C23H17ClO6.